The molecule has 0 bridgehead atoms. The van der Waals surface area contributed by atoms with Crippen LogP contribution in [0.2, 0.25) is 0 Å². The second kappa shape index (κ2) is 10.5. The molecule has 0 radical (unpaired) electrons. The Balaban J connectivity index is 1.33. The number of carbonyl (C=O) groups is 2. The van der Waals surface area contributed by atoms with Crippen LogP contribution in [0.25, 0.3) is 0 Å². The Morgan fingerprint density at radius 3 is 1.84 bits per heavy atom. The number of hydrogen-bond acceptors (Lipinski definition) is 6. The minimum atomic E-state index is -0.733. The predicted octanol–water partition coefficient (Wildman–Crippen LogP) is 3.50. The van der Waals surface area contributed by atoms with Crippen LogP contribution in [0.4, 0.5) is 9.59 Å². The fraction of sp³-hybridized carbons (Fsp3) is 0.417. The first kappa shape index (κ1) is 22.1. The zero-order valence-electron chi connectivity index (χ0n) is 17.8. The van der Waals surface area contributed by atoms with Crippen LogP contribution in [0.5, 0.6) is 0 Å². The molecule has 1 spiro atoms. The van der Waals surface area contributed by atoms with Crippen LogP contribution in [0.3, 0.4) is 0 Å². The summed E-state index contributed by atoms with van der Waals surface area (Å²) in [6.45, 7) is 1.37. The van der Waals surface area contributed by atoms with E-state index in [1.54, 1.807) is 0 Å². The van der Waals surface area contributed by atoms with Gasteiger partial charge in [-0.15, -0.1) is 0 Å². The second-order valence-corrected chi connectivity index (χ2v) is 7.98. The number of benzene rings is 2. The fourth-order valence-electron chi connectivity index (χ4n) is 4.07. The number of carbonyl (C=O) groups excluding carboxylic acids is 2. The number of nitrogens with one attached hydrogen (secondary N) is 2. The van der Waals surface area contributed by atoms with Gasteiger partial charge in [0, 0.05) is 12.8 Å². The van der Waals surface area contributed by atoms with Crippen LogP contribution in [0.1, 0.15) is 30.4 Å². The predicted molar refractivity (Wildman–Crippen MR) is 116 cm³/mol. The number of rotatable bonds is 6. The Bertz CT molecular complexity index is 886. The minimum Gasteiger partial charge on any atom is -0.445 e. The van der Waals surface area contributed by atoms with Crippen LogP contribution in [-0.4, -0.2) is 43.3 Å². The smallest absolute Gasteiger partial charge is 0.407 e. The van der Waals surface area contributed by atoms with Crippen LogP contribution in [-0.2, 0) is 32.2 Å². The van der Waals surface area contributed by atoms with Crippen molar-refractivity contribution in [2.24, 2.45) is 0 Å². The van der Waals surface area contributed by atoms with E-state index in [1.807, 2.05) is 60.7 Å². The van der Waals surface area contributed by atoms with Crippen molar-refractivity contribution in [2.75, 3.05) is 13.2 Å². The van der Waals surface area contributed by atoms with Crippen LogP contribution in [0, 0.1) is 0 Å². The van der Waals surface area contributed by atoms with Gasteiger partial charge in [0.1, 0.15) is 13.2 Å². The SMILES string of the molecule is O=C(N[C@H]1CCC2(C[C@H]1NC(=O)OCc1ccccc1)OCCO2)OCc1ccccc1. The molecule has 1 saturated carbocycles. The zero-order valence-corrected chi connectivity index (χ0v) is 17.8. The van der Waals surface area contributed by atoms with Gasteiger partial charge < -0.3 is 29.6 Å². The van der Waals surface area contributed by atoms with E-state index in [1.165, 1.54) is 0 Å². The van der Waals surface area contributed by atoms with Gasteiger partial charge in [-0.2, -0.15) is 0 Å². The first-order valence-electron chi connectivity index (χ1n) is 10.8. The third kappa shape index (κ3) is 5.99. The Morgan fingerprint density at radius 1 is 0.812 bits per heavy atom. The highest BCUT2D eigenvalue weighted by molar-refractivity contribution is 5.69. The summed E-state index contributed by atoms with van der Waals surface area (Å²) in [7, 11) is 0. The molecule has 2 aromatic rings. The molecule has 2 fully saturated rings. The number of ether oxygens (including phenoxy) is 4. The van der Waals surface area contributed by atoms with E-state index in [-0.39, 0.29) is 19.3 Å². The number of alkyl carbamates (subject to hydrolysis) is 2. The van der Waals surface area contributed by atoms with Gasteiger partial charge in [-0.1, -0.05) is 60.7 Å². The number of amides is 2. The molecule has 2 amide bonds. The molecule has 32 heavy (non-hydrogen) atoms. The summed E-state index contributed by atoms with van der Waals surface area (Å²) in [5, 5.41) is 5.76. The molecule has 2 aromatic carbocycles. The van der Waals surface area contributed by atoms with Gasteiger partial charge >= 0.3 is 12.2 Å². The van der Waals surface area contributed by atoms with Crippen molar-refractivity contribution < 1.29 is 28.5 Å². The maximum atomic E-state index is 12.5. The van der Waals surface area contributed by atoms with Crippen molar-refractivity contribution in [3.05, 3.63) is 71.8 Å². The fourth-order valence-corrected chi connectivity index (χ4v) is 4.07. The normalized spacial score (nSPS) is 21.6. The highest BCUT2D eigenvalue weighted by Crippen LogP contribution is 2.36. The Morgan fingerprint density at radius 2 is 1.31 bits per heavy atom. The summed E-state index contributed by atoms with van der Waals surface area (Å²) >= 11 is 0. The Hall–Kier alpha value is -3.10. The third-order valence-electron chi connectivity index (χ3n) is 5.70. The molecule has 2 aliphatic rings. The van der Waals surface area contributed by atoms with Gasteiger partial charge in [-0.3, -0.25) is 0 Å². The first-order valence-corrected chi connectivity index (χ1v) is 10.8. The molecule has 2 N–H and O–H groups in total. The maximum Gasteiger partial charge on any atom is 0.407 e. The van der Waals surface area contributed by atoms with Gasteiger partial charge in [-0.25, -0.2) is 9.59 Å². The number of hydrogen-bond donors (Lipinski definition) is 2. The van der Waals surface area contributed by atoms with E-state index in [0.717, 1.165) is 11.1 Å². The quantitative estimate of drug-likeness (QED) is 0.714. The van der Waals surface area contributed by atoms with Crippen LogP contribution in [0.15, 0.2) is 60.7 Å². The average Bonchev–Trinajstić information content (AvgIpc) is 3.27. The van der Waals surface area contributed by atoms with E-state index < -0.39 is 24.0 Å². The molecule has 8 nitrogen and oxygen atoms in total. The van der Waals surface area contributed by atoms with Crippen molar-refractivity contribution >= 4 is 12.2 Å². The van der Waals surface area contributed by atoms with Crippen LogP contribution >= 0.6 is 0 Å². The lowest BCUT2D eigenvalue weighted by molar-refractivity contribution is -0.184. The standard InChI is InChI=1S/C24H28N2O6/c27-22(29-16-18-7-3-1-4-8-18)25-20-11-12-24(31-13-14-32-24)15-21(20)26-23(28)30-17-19-9-5-2-6-10-19/h1-10,20-21H,11-17H2,(H,25,27)(H,26,28)/t20-,21+/m0/s1. The lowest BCUT2D eigenvalue weighted by Gasteiger charge is -2.41. The molecule has 0 aromatic heterocycles. The minimum absolute atomic E-state index is 0.161. The van der Waals surface area contributed by atoms with Gasteiger partial charge in [0.05, 0.1) is 25.3 Å². The van der Waals surface area contributed by atoms with Gasteiger partial charge in [0.25, 0.3) is 0 Å². The van der Waals surface area contributed by atoms with E-state index in [0.29, 0.717) is 32.5 Å². The monoisotopic (exact) mass is 440 g/mol. The molecular formula is C24H28N2O6. The van der Waals surface area contributed by atoms with Gasteiger partial charge in [0.15, 0.2) is 5.79 Å². The molecule has 170 valence electrons. The summed E-state index contributed by atoms with van der Waals surface area (Å²) in [6.07, 6.45) is 0.514. The molecule has 1 heterocycles. The highest BCUT2D eigenvalue weighted by Gasteiger charge is 2.46. The summed E-state index contributed by atoms with van der Waals surface area (Å²) in [6, 6.07) is 18.1. The summed E-state index contributed by atoms with van der Waals surface area (Å²) in [5.41, 5.74) is 1.79. The first-order chi connectivity index (χ1) is 15.6. The summed E-state index contributed by atoms with van der Waals surface area (Å²) in [4.78, 5) is 24.9. The summed E-state index contributed by atoms with van der Waals surface area (Å²) in [5.74, 6) is -0.733. The lowest BCUT2D eigenvalue weighted by Crippen LogP contribution is -2.58. The molecule has 2 atom stereocenters. The maximum absolute atomic E-state index is 12.5. The lowest BCUT2D eigenvalue weighted by atomic mass is 9.85. The van der Waals surface area contributed by atoms with Crippen molar-refractivity contribution in [3.63, 3.8) is 0 Å². The van der Waals surface area contributed by atoms with E-state index in [4.69, 9.17) is 18.9 Å². The zero-order chi connectivity index (χ0) is 22.2. The second-order valence-electron chi connectivity index (χ2n) is 7.98. The van der Waals surface area contributed by atoms with Crippen LogP contribution < -0.4 is 10.6 Å². The van der Waals surface area contributed by atoms with E-state index in [9.17, 15) is 9.59 Å². The van der Waals surface area contributed by atoms with E-state index >= 15 is 0 Å². The molecule has 1 aliphatic carbocycles. The average molecular weight is 440 g/mol. The molecule has 4 rings (SSSR count). The van der Waals surface area contributed by atoms with Crippen molar-refractivity contribution in [1.29, 1.82) is 0 Å². The Labute approximate surface area is 187 Å². The Kier molecular flexibility index (Phi) is 7.24. The molecule has 0 unspecified atom stereocenters. The largest absolute Gasteiger partial charge is 0.445 e. The third-order valence-corrected chi connectivity index (χ3v) is 5.70. The summed E-state index contributed by atoms with van der Waals surface area (Å²) < 4.78 is 22.4. The molecular weight excluding hydrogens is 412 g/mol. The van der Waals surface area contributed by atoms with Gasteiger partial charge in [-0.05, 0) is 17.5 Å². The molecule has 8 heteroatoms. The topological polar surface area (TPSA) is 95.1 Å². The molecule has 1 saturated heterocycles. The van der Waals surface area contributed by atoms with E-state index in [2.05, 4.69) is 10.6 Å². The van der Waals surface area contributed by atoms with Crippen molar-refractivity contribution in [2.45, 2.75) is 50.3 Å². The van der Waals surface area contributed by atoms with Crippen molar-refractivity contribution in [3.8, 4) is 0 Å². The van der Waals surface area contributed by atoms with Gasteiger partial charge in [0.2, 0.25) is 0 Å². The highest BCUT2D eigenvalue weighted by atomic mass is 16.7. The van der Waals surface area contributed by atoms with Crippen molar-refractivity contribution in [1.82, 2.24) is 10.6 Å². The molecule has 1 aliphatic heterocycles.